The summed E-state index contributed by atoms with van der Waals surface area (Å²) < 4.78 is 5.29. The van der Waals surface area contributed by atoms with E-state index in [1.165, 1.54) is 0 Å². The summed E-state index contributed by atoms with van der Waals surface area (Å²) in [5.41, 5.74) is 0. The average Bonchev–Trinajstić information content (AvgIpc) is 2.78. The number of aliphatic hydroxyl groups excluding tert-OH is 1. The second kappa shape index (κ2) is 5.54. The Morgan fingerprint density at radius 1 is 1.50 bits per heavy atom. The summed E-state index contributed by atoms with van der Waals surface area (Å²) in [7, 11) is 1.88. The van der Waals surface area contributed by atoms with Gasteiger partial charge in [-0.1, -0.05) is 6.92 Å². The molecule has 1 aromatic rings. The van der Waals surface area contributed by atoms with Crippen molar-refractivity contribution in [2.45, 2.75) is 19.5 Å². The molecule has 5 nitrogen and oxygen atoms in total. The number of likely N-dealkylation sites (N-methyl/N-ethyl adjacent to an activating group) is 1. The van der Waals surface area contributed by atoms with E-state index in [0.717, 1.165) is 12.3 Å². The van der Waals surface area contributed by atoms with Crippen molar-refractivity contribution in [2.24, 2.45) is 5.92 Å². The molecule has 1 saturated heterocycles. The minimum Gasteiger partial charge on any atom is -0.467 e. The molecular formula is C13H20N2O3. The molecule has 0 spiro atoms. The average molecular weight is 252 g/mol. The Kier molecular flexibility index (Phi) is 4.04. The first-order valence-electron chi connectivity index (χ1n) is 6.24. The summed E-state index contributed by atoms with van der Waals surface area (Å²) in [5.74, 6) is 1.13. The molecule has 1 aromatic heterocycles. The van der Waals surface area contributed by atoms with Crippen molar-refractivity contribution in [1.82, 2.24) is 9.80 Å². The van der Waals surface area contributed by atoms with Crippen LogP contribution in [0.2, 0.25) is 0 Å². The fourth-order valence-electron chi connectivity index (χ4n) is 2.49. The number of hydrogen-bond donors (Lipinski definition) is 1. The van der Waals surface area contributed by atoms with Gasteiger partial charge in [0.25, 0.3) is 0 Å². The van der Waals surface area contributed by atoms with Crippen LogP contribution < -0.4 is 0 Å². The SMILES string of the molecule is CC1CN(Cc2ccco2)C(=O)C(CO)N(C)C1. The third kappa shape index (κ3) is 2.73. The van der Waals surface area contributed by atoms with Gasteiger partial charge in [-0.15, -0.1) is 0 Å². The van der Waals surface area contributed by atoms with Crippen LogP contribution in [0.25, 0.3) is 0 Å². The molecule has 2 rings (SSSR count). The highest BCUT2D eigenvalue weighted by molar-refractivity contribution is 5.82. The van der Waals surface area contributed by atoms with Gasteiger partial charge in [-0.3, -0.25) is 9.69 Å². The molecule has 18 heavy (non-hydrogen) atoms. The van der Waals surface area contributed by atoms with Gasteiger partial charge >= 0.3 is 0 Å². The zero-order valence-electron chi connectivity index (χ0n) is 10.9. The van der Waals surface area contributed by atoms with E-state index < -0.39 is 6.04 Å². The number of rotatable bonds is 3. The second-order valence-corrected chi connectivity index (χ2v) is 5.04. The Labute approximate surface area is 107 Å². The van der Waals surface area contributed by atoms with Gasteiger partial charge < -0.3 is 14.4 Å². The number of nitrogens with zero attached hydrogens (tertiary/aromatic N) is 2. The third-order valence-electron chi connectivity index (χ3n) is 3.36. The first kappa shape index (κ1) is 13.1. The maximum Gasteiger partial charge on any atom is 0.242 e. The van der Waals surface area contributed by atoms with Crippen molar-refractivity contribution in [2.75, 3.05) is 26.7 Å². The first-order chi connectivity index (χ1) is 8.61. The van der Waals surface area contributed by atoms with Crippen molar-refractivity contribution in [3.05, 3.63) is 24.2 Å². The fourth-order valence-corrected chi connectivity index (χ4v) is 2.49. The Balaban J connectivity index is 2.14. The highest BCUT2D eigenvalue weighted by Crippen LogP contribution is 2.16. The molecule has 1 N–H and O–H groups in total. The van der Waals surface area contributed by atoms with Crippen LogP contribution in [0.1, 0.15) is 12.7 Å². The maximum absolute atomic E-state index is 12.3. The normalized spacial score (nSPS) is 26.4. The van der Waals surface area contributed by atoms with Crippen molar-refractivity contribution in [3.63, 3.8) is 0 Å². The Hall–Kier alpha value is -1.33. The van der Waals surface area contributed by atoms with E-state index in [1.54, 1.807) is 11.2 Å². The molecule has 1 aliphatic heterocycles. The van der Waals surface area contributed by atoms with Crippen LogP contribution in [0.5, 0.6) is 0 Å². The lowest BCUT2D eigenvalue weighted by Crippen LogP contribution is -2.46. The van der Waals surface area contributed by atoms with Crippen LogP contribution in [-0.2, 0) is 11.3 Å². The summed E-state index contributed by atoms with van der Waals surface area (Å²) in [6, 6.07) is 3.24. The molecule has 1 fully saturated rings. The van der Waals surface area contributed by atoms with Crippen molar-refractivity contribution >= 4 is 5.91 Å². The zero-order valence-corrected chi connectivity index (χ0v) is 10.9. The summed E-state index contributed by atoms with van der Waals surface area (Å²) in [6.45, 7) is 3.95. The van der Waals surface area contributed by atoms with Crippen molar-refractivity contribution < 1.29 is 14.3 Å². The minimum absolute atomic E-state index is 0.0271. The van der Waals surface area contributed by atoms with E-state index in [4.69, 9.17) is 4.42 Å². The van der Waals surface area contributed by atoms with Crippen LogP contribution in [0.15, 0.2) is 22.8 Å². The molecule has 100 valence electrons. The van der Waals surface area contributed by atoms with Crippen LogP contribution in [0, 0.1) is 5.92 Å². The number of amides is 1. The van der Waals surface area contributed by atoms with Gasteiger partial charge in [0.15, 0.2) is 0 Å². The Bertz CT molecular complexity index is 391. The van der Waals surface area contributed by atoms with Crippen LogP contribution in [-0.4, -0.2) is 53.6 Å². The molecule has 0 aliphatic carbocycles. The Morgan fingerprint density at radius 3 is 2.89 bits per heavy atom. The lowest BCUT2D eigenvalue weighted by molar-refractivity contribution is -0.137. The zero-order chi connectivity index (χ0) is 13.1. The lowest BCUT2D eigenvalue weighted by Gasteiger charge is -2.25. The van der Waals surface area contributed by atoms with Gasteiger partial charge in [0.05, 0.1) is 19.4 Å². The van der Waals surface area contributed by atoms with E-state index >= 15 is 0 Å². The molecule has 2 heterocycles. The van der Waals surface area contributed by atoms with Crippen LogP contribution in [0.3, 0.4) is 0 Å². The molecule has 5 heteroatoms. The first-order valence-corrected chi connectivity index (χ1v) is 6.24. The molecule has 0 saturated carbocycles. The molecule has 0 radical (unpaired) electrons. The highest BCUT2D eigenvalue weighted by atomic mass is 16.3. The number of hydrogen-bond acceptors (Lipinski definition) is 4. The van der Waals surface area contributed by atoms with E-state index in [2.05, 4.69) is 6.92 Å². The minimum atomic E-state index is -0.440. The van der Waals surface area contributed by atoms with Gasteiger partial charge in [-0.25, -0.2) is 0 Å². The van der Waals surface area contributed by atoms with Crippen molar-refractivity contribution in [3.8, 4) is 0 Å². The molecule has 0 bridgehead atoms. The third-order valence-corrected chi connectivity index (χ3v) is 3.36. The summed E-state index contributed by atoms with van der Waals surface area (Å²) >= 11 is 0. The van der Waals surface area contributed by atoms with E-state index in [-0.39, 0.29) is 12.5 Å². The Morgan fingerprint density at radius 2 is 2.28 bits per heavy atom. The van der Waals surface area contributed by atoms with E-state index in [9.17, 15) is 9.90 Å². The molecule has 1 amide bonds. The van der Waals surface area contributed by atoms with Gasteiger partial charge in [-0.05, 0) is 25.1 Å². The number of aliphatic hydroxyl groups is 1. The van der Waals surface area contributed by atoms with Crippen molar-refractivity contribution in [1.29, 1.82) is 0 Å². The predicted octanol–water partition coefficient (Wildman–Crippen LogP) is 0.551. The molecule has 2 unspecified atom stereocenters. The van der Waals surface area contributed by atoms with Gasteiger partial charge in [0.1, 0.15) is 11.8 Å². The molecule has 0 aromatic carbocycles. The highest BCUT2D eigenvalue weighted by Gasteiger charge is 2.32. The second-order valence-electron chi connectivity index (χ2n) is 5.04. The monoisotopic (exact) mass is 252 g/mol. The number of furan rings is 1. The lowest BCUT2D eigenvalue weighted by atomic mass is 10.1. The largest absolute Gasteiger partial charge is 0.467 e. The maximum atomic E-state index is 12.3. The molecular weight excluding hydrogens is 232 g/mol. The predicted molar refractivity (Wildman–Crippen MR) is 66.8 cm³/mol. The summed E-state index contributed by atoms with van der Waals surface area (Å²) in [4.78, 5) is 16.0. The van der Waals surface area contributed by atoms with Crippen LogP contribution >= 0.6 is 0 Å². The summed E-state index contributed by atoms with van der Waals surface area (Å²) in [5, 5.41) is 9.37. The number of carbonyl (C=O) groups is 1. The van der Waals surface area contributed by atoms with Gasteiger partial charge in [0.2, 0.25) is 5.91 Å². The summed E-state index contributed by atoms with van der Waals surface area (Å²) in [6.07, 6.45) is 1.61. The smallest absolute Gasteiger partial charge is 0.242 e. The standard InChI is InChI=1S/C13H20N2O3/c1-10-6-14(2)12(9-16)13(17)15(7-10)8-11-4-3-5-18-11/h3-5,10,12,16H,6-9H2,1-2H3. The fraction of sp³-hybridized carbons (Fsp3) is 0.615. The quantitative estimate of drug-likeness (QED) is 0.853. The van der Waals surface area contributed by atoms with Gasteiger partial charge in [0, 0.05) is 13.1 Å². The van der Waals surface area contributed by atoms with E-state index in [1.807, 2.05) is 24.1 Å². The molecule has 1 aliphatic rings. The number of carbonyl (C=O) groups excluding carboxylic acids is 1. The molecule has 2 atom stereocenters. The topological polar surface area (TPSA) is 56.9 Å². The van der Waals surface area contributed by atoms with Gasteiger partial charge in [-0.2, -0.15) is 0 Å². The van der Waals surface area contributed by atoms with Crippen LogP contribution in [0.4, 0.5) is 0 Å². The van der Waals surface area contributed by atoms with E-state index in [0.29, 0.717) is 19.0 Å².